The molecule has 1 aliphatic rings. The third-order valence-electron chi connectivity index (χ3n) is 3.86. The predicted molar refractivity (Wildman–Crippen MR) is 84.5 cm³/mol. The maximum atomic E-state index is 5.63. The minimum Gasteiger partial charge on any atom is -0.327 e. The third kappa shape index (κ3) is 1.87. The van der Waals surface area contributed by atoms with Gasteiger partial charge in [0.15, 0.2) is 0 Å². The van der Waals surface area contributed by atoms with E-state index in [1.54, 1.807) is 0 Å². The van der Waals surface area contributed by atoms with Gasteiger partial charge < -0.3 is 4.90 Å². The van der Waals surface area contributed by atoms with Gasteiger partial charge in [0.1, 0.15) is 0 Å². The Bertz CT molecular complexity index is 589. The number of nitrogens with zero attached hydrogens (tertiary/aromatic N) is 1. The number of rotatable bonds is 2. The Morgan fingerprint density at radius 2 is 1.42 bits per heavy atom. The summed E-state index contributed by atoms with van der Waals surface area (Å²) in [6.45, 7) is 4.46. The second-order valence-corrected chi connectivity index (χ2v) is 5.93. The number of hydrogen-bond acceptors (Lipinski definition) is 1. The normalized spacial score (nSPS) is 21.1. The van der Waals surface area contributed by atoms with Gasteiger partial charge >= 0.3 is 0 Å². The van der Waals surface area contributed by atoms with Gasteiger partial charge in [-0.05, 0) is 17.7 Å². The van der Waals surface area contributed by atoms with Crippen LogP contribution in [-0.4, -0.2) is 4.99 Å². The van der Waals surface area contributed by atoms with Crippen LogP contribution in [0.4, 0.5) is 5.69 Å². The van der Waals surface area contributed by atoms with E-state index in [4.69, 9.17) is 12.2 Å². The second kappa shape index (κ2) is 4.46. The van der Waals surface area contributed by atoms with Crippen LogP contribution in [0.25, 0.3) is 0 Å². The lowest BCUT2D eigenvalue weighted by molar-refractivity contribution is 0.348. The van der Waals surface area contributed by atoms with Crippen LogP contribution in [0.5, 0.6) is 0 Å². The van der Waals surface area contributed by atoms with Gasteiger partial charge in [-0.15, -0.1) is 0 Å². The van der Waals surface area contributed by atoms with E-state index in [1.165, 1.54) is 11.3 Å². The molecule has 1 fully saturated rings. The SMILES string of the molecule is CC1(C)C(=S)N(c2ccccc2)C1c1ccccc1. The van der Waals surface area contributed by atoms with Crippen LogP contribution in [0.2, 0.25) is 0 Å². The summed E-state index contributed by atoms with van der Waals surface area (Å²) in [6, 6.07) is 21.3. The molecule has 1 atom stereocenters. The van der Waals surface area contributed by atoms with Crippen molar-refractivity contribution in [1.82, 2.24) is 0 Å². The van der Waals surface area contributed by atoms with Crippen molar-refractivity contribution in [2.24, 2.45) is 5.41 Å². The molecule has 0 amide bonds. The second-order valence-electron chi connectivity index (χ2n) is 5.55. The number of anilines is 1. The maximum Gasteiger partial charge on any atom is 0.0911 e. The minimum absolute atomic E-state index is 0.0343. The first-order chi connectivity index (χ1) is 9.12. The molecule has 0 aliphatic carbocycles. The average molecular weight is 267 g/mol. The van der Waals surface area contributed by atoms with E-state index in [0.29, 0.717) is 6.04 Å². The lowest BCUT2D eigenvalue weighted by Crippen LogP contribution is -2.60. The summed E-state index contributed by atoms with van der Waals surface area (Å²) in [6.07, 6.45) is 0. The summed E-state index contributed by atoms with van der Waals surface area (Å²) in [7, 11) is 0. The highest BCUT2D eigenvalue weighted by Crippen LogP contribution is 2.52. The summed E-state index contributed by atoms with van der Waals surface area (Å²) in [5, 5.41) is 0. The molecule has 1 aliphatic heterocycles. The fraction of sp³-hybridized carbons (Fsp3) is 0.235. The lowest BCUT2D eigenvalue weighted by Gasteiger charge is -2.56. The molecule has 96 valence electrons. The number of hydrogen-bond donors (Lipinski definition) is 0. The predicted octanol–water partition coefficient (Wildman–Crippen LogP) is 4.60. The molecular formula is C17H17NS. The van der Waals surface area contributed by atoms with E-state index in [-0.39, 0.29) is 5.41 Å². The quantitative estimate of drug-likeness (QED) is 0.731. The fourth-order valence-electron chi connectivity index (χ4n) is 2.86. The Hall–Kier alpha value is -1.67. The number of thiocarbonyl (C=S) groups is 1. The topological polar surface area (TPSA) is 3.24 Å². The molecular weight excluding hydrogens is 250 g/mol. The van der Waals surface area contributed by atoms with Crippen molar-refractivity contribution in [3.63, 3.8) is 0 Å². The van der Waals surface area contributed by atoms with Gasteiger partial charge in [0.05, 0.1) is 11.0 Å². The van der Waals surface area contributed by atoms with E-state index in [0.717, 1.165) is 4.99 Å². The monoisotopic (exact) mass is 267 g/mol. The van der Waals surface area contributed by atoms with Crippen LogP contribution in [0.1, 0.15) is 25.5 Å². The average Bonchev–Trinajstić information content (AvgIpc) is 2.45. The van der Waals surface area contributed by atoms with Crippen LogP contribution in [0, 0.1) is 5.41 Å². The highest BCUT2D eigenvalue weighted by molar-refractivity contribution is 7.80. The Labute approximate surface area is 119 Å². The minimum atomic E-state index is 0.0343. The zero-order valence-electron chi connectivity index (χ0n) is 11.2. The Balaban J connectivity index is 2.03. The summed E-state index contributed by atoms with van der Waals surface area (Å²) >= 11 is 5.63. The summed E-state index contributed by atoms with van der Waals surface area (Å²) in [5.41, 5.74) is 2.54. The molecule has 2 heteroatoms. The molecule has 1 heterocycles. The van der Waals surface area contributed by atoms with Gasteiger partial charge in [0.2, 0.25) is 0 Å². The maximum absolute atomic E-state index is 5.63. The third-order valence-corrected chi connectivity index (χ3v) is 4.58. The van der Waals surface area contributed by atoms with E-state index in [9.17, 15) is 0 Å². The molecule has 1 nitrogen and oxygen atoms in total. The highest BCUT2D eigenvalue weighted by Gasteiger charge is 2.51. The van der Waals surface area contributed by atoms with Crippen molar-refractivity contribution >= 4 is 22.9 Å². The van der Waals surface area contributed by atoms with Gasteiger partial charge in [0.25, 0.3) is 0 Å². The van der Waals surface area contributed by atoms with Gasteiger partial charge in [-0.2, -0.15) is 0 Å². The molecule has 3 rings (SSSR count). The van der Waals surface area contributed by atoms with Crippen LogP contribution in [-0.2, 0) is 0 Å². The fourth-order valence-corrected chi connectivity index (χ4v) is 3.18. The van der Waals surface area contributed by atoms with E-state index in [2.05, 4.69) is 73.3 Å². The Morgan fingerprint density at radius 1 is 0.895 bits per heavy atom. The summed E-state index contributed by atoms with van der Waals surface area (Å²) in [5.74, 6) is 0. The zero-order valence-corrected chi connectivity index (χ0v) is 12.0. The zero-order chi connectivity index (χ0) is 13.5. The van der Waals surface area contributed by atoms with Gasteiger partial charge in [0, 0.05) is 11.1 Å². The largest absolute Gasteiger partial charge is 0.327 e. The number of benzene rings is 2. The van der Waals surface area contributed by atoms with Crippen molar-refractivity contribution in [2.75, 3.05) is 4.90 Å². The van der Waals surface area contributed by atoms with Crippen molar-refractivity contribution in [3.8, 4) is 0 Å². The van der Waals surface area contributed by atoms with Crippen molar-refractivity contribution in [1.29, 1.82) is 0 Å². The first-order valence-electron chi connectivity index (χ1n) is 6.56. The summed E-state index contributed by atoms with van der Waals surface area (Å²) < 4.78 is 0. The molecule has 2 aromatic rings. The molecule has 0 aromatic heterocycles. The van der Waals surface area contributed by atoms with Crippen LogP contribution in [0.15, 0.2) is 60.7 Å². The molecule has 0 bridgehead atoms. The Morgan fingerprint density at radius 3 is 2.00 bits per heavy atom. The van der Waals surface area contributed by atoms with Crippen molar-refractivity contribution in [3.05, 3.63) is 66.2 Å². The standard InChI is InChI=1S/C17H17NS/c1-17(2)15(13-9-5-3-6-10-13)18(16(17)19)14-11-7-4-8-12-14/h3-12,15H,1-2H3. The van der Waals surface area contributed by atoms with Gasteiger partial charge in [-0.3, -0.25) is 0 Å². The summed E-state index contributed by atoms with van der Waals surface area (Å²) in [4.78, 5) is 3.29. The molecule has 1 saturated heterocycles. The van der Waals surface area contributed by atoms with Crippen molar-refractivity contribution in [2.45, 2.75) is 19.9 Å². The lowest BCUT2D eigenvalue weighted by atomic mass is 9.71. The molecule has 1 unspecified atom stereocenters. The first kappa shape index (κ1) is 12.4. The molecule has 2 aromatic carbocycles. The first-order valence-corrected chi connectivity index (χ1v) is 6.97. The molecule has 19 heavy (non-hydrogen) atoms. The van der Waals surface area contributed by atoms with Crippen LogP contribution < -0.4 is 4.90 Å². The molecule has 0 radical (unpaired) electrons. The molecule has 0 saturated carbocycles. The smallest absolute Gasteiger partial charge is 0.0911 e. The van der Waals surface area contributed by atoms with E-state index in [1.807, 2.05) is 6.07 Å². The van der Waals surface area contributed by atoms with Crippen molar-refractivity contribution < 1.29 is 0 Å². The highest BCUT2D eigenvalue weighted by atomic mass is 32.1. The molecule has 0 N–H and O–H groups in total. The number of para-hydroxylation sites is 1. The molecule has 0 spiro atoms. The Kier molecular flexibility index (Phi) is 2.90. The van der Waals surface area contributed by atoms with Crippen LogP contribution in [0.3, 0.4) is 0 Å². The van der Waals surface area contributed by atoms with Gasteiger partial charge in [-0.1, -0.05) is 74.6 Å². The van der Waals surface area contributed by atoms with E-state index < -0.39 is 0 Å². The van der Waals surface area contributed by atoms with E-state index >= 15 is 0 Å². The van der Waals surface area contributed by atoms with Crippen LogP contribution >= 0.6 is 12.2 Å². The van der Waals surface area contributed by atoms with Gasteiger partial charge in [-0.25, -0.2) is 0 Å².